The van der Waals surface area contributed by atoms with Gasteiger partial charge in [0, 0.05) is 30.6 Å². The van der Waals surface area contributed by atoms with E-state index in [4.69, 9.17) is 0 Å². The summed E-state index contributed by atoms with van der Waals surface area (Å²) in [6.45, 7) is 3.02. The molecule has 0 unspecified atom stereocenters. The average Bonchev–Trinajstić information content (AvgIpc) is 2.89. The topological polar surface area (TPSA) is 32.3 Å². The molecule has 1 saturated carbocycles. The van der Waals surface area contributed by atoms with Crippen molar-refractivity contribution in [2.75, 3.05) is 31.1 Å². The SMILES string of the molecule is Cl.O=C([C@@H]1[C@H]2CC[C@@H]1NC2)N1CCSCC1. The maximum absolute atomic E-state index is 12.3. The number of hydrogen-bond donors (Lipinski definition) is 1. The lowest BCUT2D eigenvalue weighted by Crippen LogP contribution is -2.44. The van der Waals surface area contributed by atoms with E-state index < -0.39 is 0 Å². The third-order valence-corrected chi connectivity index (χ3v) is 4.98. The molecule has 2 aliphatic heterocycles. The number of nitrogens with one attached hydrogen (secondary N) is 1. The predicted molar refractivity (Wildman–Crippen MR) is 69.2 cm³/mol. The summed E-state index contributed by atoms with van der Waals surface area (Å²) in [6, 6.07) is 0.497. The summed E-state index contributed by atoms with van der Waals surface area (Å²) in [5.74, 6) is 3.64. The van der Waals surface area contributed by atoms with Crippen LogP contribution in [0.2, 0.25) is 0 Å². The van der Waals surface area contributed by atoms with E-state index in [0.29, 0.717) is 23.8 Å². The van der Waals surface area contributed by atoms with Crippen LogP contribution in [-0.4, -0.2) is 48.0 Å². The maximum atomic E-state index is 12.3. The molecule has 3 fully saturated rings. The van der Waals surface area contributed by atoms with E-state index in [-0.39, 0.29) is 12.4 Å². The van der Waals surface area contributed by atoms with Gasteiger partial charge in [-0.15, -0.1) is 12.4 Å². The van der Waals surface area contributed by atoms with Crippen molar-refractivity contribution < 1.29 is 4.79 Å². The summed E-state index contributed by atoms with van der Waals surface area (Å²) < 4.78 is 0. The van der Waals surface area contributed by atoms with Crippen molar-refractivity contribution in [2.45, 2.75) is 18.9 Å². The van der Waals surface area contributed by atoms with Gasteiger partial charge in [0.05, 0.1) is 5.92 Å². The summed E-state index contributed by atoms with van der Waals surface area (Å²) in [6.07, 6.45) is 2.47. The second kappa shape index (κ2) is 5.15. The van der Waals surface area contributed by atoms with Crippen LogP contribution in [0.1, 0.15) is 12.8 Å². The van der Waals surface area contributed by atoms with Gasteiger partial charge >= 0.3 is 0 Å². The first-order chi connectivity index (χ1) is 7.36. The largest absolute Gasteiger partial charge is 0.341 e. The minimum Gasteiger partial charge on any atom is -0.341 e. The second-order valence-corrected chi connectivity index (χ2v) is 6.04. The predicted octanol–water partition coefficient (Wildman–Crippen LogP) is 0.982. The van der Waals surface area contributed by atoms with E-state index >= 15 is 0 Å². The van der Waals surface area contributed by atoms with Crippen molar-refractivity contribution >= 4 is 30.1 Å². The number of carbonyl (C=O) groups is 1. The molecule has 2 saturated heterocycles. The summed E-state index contributed by atoms with van der Waals surface area (Å²) in [5, 5.41) is 3.47. The molecule has 2 heterocycles. The number of carbonyl (C=O) groups excluding carboxylic acids is 1. The summed E-state index contributed by atoms with van der Waals surface area (Å²) in [4.78, 5) is 14.4. The molecular formula is C11H19ClN2OS. The highest BCUT2D eigenvalue weighted by molar-refractivity contribution is 7.99. The Labute approximate surface area is 107 Å². The molecule has 0 spiro atoms. The normalized spacial score (nSPS) is 37.2. The third kappa shape index (κ3) is 2.07. The number of fused-ring (bicyclic) bond motifs is 2. The molecule has 0 aromatic heterocycles. The van der Waals surface area contributed by atoms with E-state index in [0.717, 1.165) is 31.1 Å². The maximum Gasteiger partial charge on any atom is 0.227 e. The number of piperidine rings is 1. The fraction of sp³-hybridized carbons (Fsp3) is 0.909. The van der Waals surface area contributed by atoms with E-state index in [9.17, 15) is 4.79 Å². The lowest BCUT2D eigenvalue weighted by Gasteiger charge is -2.30. The van der Waals surface area contributed by atoms with E-state index in [1.807, 2.05) is 11.8 Å². The molecule has 16 heavy (non-hydrogen) atoms. The van der Waals surface area contributed by atoms with Crippen LogP contribution >= 0.6 is 24.2 Å². The summed E-state index contributed by atoms with van der Waals surface area (Å²) >= 11 is 1.97. The first-order valence-corrected chi connectivity index (χ1v) is 7.11. The van der Waals surface area contributed by atoms with Gasteiger partial charge in [0.25, 0.3) is 0 Å². The molecule has 2 bridgehead atoms. The Bertz CT molecular complexity index is 251. The van der Waals surface area contributed by atoms with E-state index in [1.54, 1.807) is 0 Å². The molecule has 0 aromatic carbocycles. The van der Waals surface area contributed by atoms with Crippen LogP contribution < -0.4 is 5.32 Å². The van der Waals surface area contributed by atoms with Crippen LogP contribution in [0.4, 0.5) is 0 Å². The van der Waals surface area contributed by atoms with Crippen molar-refractivity contribution in [1.82, 2.24) is 10.2 Å². The van der Waals surface area contributed by atoms with Crippen LogP contribution in [0, 0.1) is 11.8 Å². The van der Waals surface area contributed by atoms with Crippen molar-refractivity contribution in [3.63, 3.8) is 0 Å². The zero-order valence-corrected chi connectivity index (χ0v) is 11.0. The number of thioether (sulfide) groups is 1. The van der Waals surface area contributed by atoms with Crippen LogP contribution in [0.15, 0.2) is 0 Å². The van der Waals surface area contributed by atoms with Crippen molar-refractivity contribution in [1.29, 1.82) is 0 Å². The molecule has 3 atom stereocenters. The van der Waals surface area contributed by atoms with Crippen molar-refractivity contribution in [3.8, 4) is 0 Å². The fourth-order valence-corrected chi connectivity index (χ4v) is 4.11. The highest BCUT2D eigenvalue weighted by Gasteiger charge is 2.46. The molecule has 92 valence electrons. The molecule has 3 nitrogen and oxygen atoms in total. The quantitative estimate of drug-likeness (QED) is 0.765. The molecule has 1 amide bonds. The first-order valence-electron chi connectivity index (χ1n) is 5.96. The number of hydrogen-bond acceptors (Lipinski definition) is 3. The molecule has 0 radical (unpaired) electrons. The zero-order valence-electron chi connectivity index (χ0n) is 9.35. The zero-order chi connectivity index (χ0) is 10.3. The van der Waals surface area contributed by atoms with Gasteiger partial charge in [0.2, 0.25) is 5.91 Å². The molecule has 5 heteroatoms. The second-order valence-electron chi connectivity index (χ2n) is 4.82. The monoisotopic (exact) mass is 262 g/mol. The van der Waals surface area contributed by atoms with Gasteiger partial charge in [-0.3, -0.25) is 4.79 Å². The van der Waals surface area contributed by atoms with Crippen LogP contribution in [0.3, 0.4) is 0 Å². The highest BCUT2D eigenvalue weighted by Crippen LogP contribution is 2.38. The van der Waals surface area contributed by atoms with Gasteiger partial charge in [-0.05, 0) is 25.3 Å². The van der Waals surface area contributed by atoms with E-state index in [1.165, 1.54) is 12.8 Å². The van der Waals surface area contributed by atoms with E-state index in [2.05, 4.69) is 10.2 Å². The Morgan fingerprint density at radius 2 is 2.00 bits per heavy atom. The van der Waals surface area contributed by atoms with Gasteiger partial charge in [-0.2, -0.15) is 11.8 Å². The molecule has 3 rings (SSSR count). The number of rotatable bonds is 1. The van der Waals surface area contributed by atoms with Gasteiger partial charge < -0.3 is 10.2 Å². The fourth-order valence-electron chi connectivity index (χ4n) is 3.21. The molecule has 0 aromatic rings. The van der Waals surface area contributed by atoms with Gasteiger partial charge in [-0.1, -0.05) is 0 Å². The van der Waals surface area contributed by atoms with Gasteiger partial charge in [-0.25, -0.2) is 0 Å². The van der Waals surface area contributed by atoms with Crippen molar-refractivity contribution in [3.05, 3.63) is 0 Å². The smallest absolute Gasteiger partial charge is 0.227 e. The van der Waals surface area contributed by atoms with Gasteiger partial charge in [0.1, 0.15) is 0 Å². The number of nitrogens with zero attached hydrogens (tertiary/aromatic N) is 1. The molecule has 1 N–H and O–H groups in total. The number of amides is 1. The average molecular weight is 263 g/mol. The minimum absolute atomic E-state index is 0. The standard InChI is InChI=1S/C11H18N2OS.ClH/c14-11(13-3-5-15-6-4-13)10-8-1-2-9(10)12-7-8;/h8-10,12H,1-7H2;1H/t8-,9-,10+;/m0./s1. The van der Waals surface area contributed by atoms with Gasteiger partial charge in [0.15, 0.2) is 0 Å². The van der Waals surface area contributed by atoms with Crippen molar-refractivity contribution in [2.24, 2.45) is 11.8 Å². The van der Waals surface area contributed by atoms with Crippen LogP contribution in [0.25, 0.3) is 0 Å². The summed E-state index contributed by atoms with van der Waals surface area (Å²) in [5.41, 5.74) is 0. The highest BCUT2D eigenvalue weighted by atomic mass is 35.5. The summed E-state index contributed by atoms with van der Waals surface area (Å²) in [7, 11) is 0. The first kappa shape index (κ1) is 12.5. The minimum atomic E-state index is 0. The number of halogens is 1. The lowest BCUT2D eigenvalue weighted by atomic mass is 9.96. The Balaban J connectivity index is 0.000000963. The van der Waals surface area contributed by atoms with Crippen LogP contribution in [0.5, 0.6) is 0 Å². The molecule has 1 aliphatic carbocycles. The third-order valence-electron chi connectivity index (χ3n) is 4.04. The van der Waals surface area contributed by atoms with Crippen LogP contribution in [-0.2, 0) is 4.79 Å². The Morgan fingerprint density at radius 1 is 1.25 bits per heavy atom. The lowest BCUT2D eigenvalue weighted by molar-refractivity contribution is -0.135. The molecular weight excluding hydrogens is 244 g/mol. The molecule has 3 aliphatic rings. The Morgan fingerprint density at radius 3 is 2.50 bits per heavy atom. The Hall–Kier alpha value is 0.0700. The Kier molecular flexibility index (Phi) is 4.03.